The Morgan fingerprint density at radius 2 is 1.75 bits per heavy atom. The first-order valence-corrected chi connectivity index (χ1v) is 7.15. The first-order valence-electron chi connectivity index (χ1n) is 7.15. The molecule has 0 radical (unpaired) electrons. The Morgan fingerprint density at radius 1 is 1.00 bits per heavy atom. The van der Waals surface area contributed by atoms with E-state index in [9.17, 15) is 0 Å². The maximum Gasteiger partial charge on any atom is 0.135 e. The van der Waals surface area contributed by atoms with Gasteiger partial charge in [-0.2, -0.15) is 0 Å². The molecule has 0 saturated carbocycles. The van der Waals surface area contributed by atoms with Gasteiger partial charge in [0.15, 0.2) is 0 Å². The second-order valence-corrected chi connectivity index (χ2v) is 5.32. The van der Waals surface area contributed by atoms with Crippen LogP contribution in [-0.4, -0.2) is 16.5 Å². The summed E-state index contributed by atoms with van der Waals surface area (Å²) in [6.45, 7) is 11.3. The molecule has 0 spiro atoms. The van der Waals surface area contributed by atoms with E-state index in [4.69, 9.17) is 0 Å². The summed E-state index contributed by atoms with van der Waals surface area (Å²) in [5, 5.41) is 3.31. The van der Waals surface area contributed by atoms with E-state index in [1.54, 1.807) is 0 Å². The minimum atomic E-state index is 0.778. The maximum absolute atomic E-state index is 4.65. The molecule has 106 valence electrons. The van der Waals surface area contributed by atoms with Crippen LogP contribution >= 0.6 is 0 Å². The number of nitrogens with zero attached hydrogens (tertiary/aromatic N) is 2. The molecule has 1 aromatic heterocycles. The van der Waals surface area contributed by atoms with Crippen molar-refractivity contribution in [3.05, 3.63) is 52.0 Å². The molecule has 2 rings (SSSR count). The minimum Gasteiger partial charge on any atom is -0.370 e. The molecule has 0 saturated heterocycles. The van der Waals surface area contributed by atoms with Crippen molar-refractivity contribution in [2.45, 2.75) is 41.0 Å². The van der Waals surface area contributed by atoms with E-state index >= 15 is 0 Å². The number of rotatable bonds is 4. The Balaban J connectivity index is 2.31. The molecule has 0 amide bonds. The van der Waals surface area contributed by atoms with Crippen LogP contribution in [0.3, 0.4) is 0 Å². The summed E-state index contributed by atoms with van der Waals surface area (Å²) in [6.07, 6.45) is 0.778. The van der Waals surface area contributed by atoms with E-state index in [1.807, 2.05) is 6.92 Å². The van der Waals surface area contributed by atoms with E-state index in [0.29, 0.717) is 0 Å². The Morgan fingerprint density at radius 3 is 2.40 bits per heavy atom. The molecule has 0 aliphatic rings. The number of nitrogens with one attached hydrogen (secondary N) is 1. The van der Waals surface area contributed by atoms with Gasteiger partial charge < -0.3 is 5.32 Å². The molecular weight excluding hydrogens is 246 g/mol. The lowest BCUT2D eigenvalue weighted by Crippen LogP contribution is -2.08. The van der Waals surface area contributed by atoms with E-state index in [0.717, 1.165) is 35.9 Å². The van der Waals surface area contributed by atoms with Gasteiger partial charge in [0.25, 0.3) is 0 Å². The third-order valence-electron chi connectivity index (χ3n) is 3.71. The van der Waals surface area contributed by atoms with Gasteiger partial charge in [-0.25, -0.2) is 9.97 Å². The van der Waals surface area contributed by atoms with Crippen molar-refractivity contribution in [1.29, 1.82) is 0 Å². The average Bonchev–Trinajstić information content (AvgIpc) is 2.40. The summed E-state index contributed by atoms with van der Waals surface area (Å²) in [7, 11) is 0. The Hall–Kier alpha value is -1.90. The topological polar surface area (TPSA) is 37.8 Å². The number of aryl methyl sites for hydroxylation is 3. The van der Waals surface area contributed by atoms with Crippen LogP contribution < -0.4 is 5.32 Å². The van der Waals surface area contributed by atoms with Crippen LogP contribution in [0.1, 0.15) is 40.7 Å². The molecule has 3 nitrogen and oxygen atoms in total. The van der Waals surface area contributed by atoms with Crippen LogP contribution in [0.15, 0.2) is 18.2 Å². The molecule has 0 atom stereocenters. The largest absolute Gasteiger partial charge is 0.370 e. The Bertz CT molecular complexity index is 618. The molecule has 20 heavy (non-hydrogen) atoms. The van der Waals surface area contributed by atoms with Crippen molar-refractivity contribution >= 4 is 5.82 Å². The zero-order valence-electron chi connectivity index (χ0n) is 13.0. The molecule has 0 unspecified atom stereocenters. The van der Waals surface area contributed by atoms with Crippen molar-refractivity contribution in [2.24, 2.45) is 0 Å². The lowest BCUT2D eigenvalue weighted by Gasteiger charge is -2.11. The van der Waals surface area contributed by atoms with Crippen molar-refractivity contribution in [3.63, 3.8) is 0 Å². The third kappa shape index (κ3) is 3.16. The zero-order valence-corrected chi connectivity index (χ0v) is 13.0. The van der Waals surface area contributed by atoms with Crippen LogP contribution in [-0.2, 0) is 6.42 Å². The van der Waals surface area contributed by atoms with Gasteiger partial charge in [-0.15, -0.1) is 0 Å². The van der Waals surface area contributed by atoms with E-state index in [2.05, 4.69) is 61.2 Å². The standard InChI is InChI=1S/C17H23N3/c1-6-18-17-13(4)14(5)19-16(20-17)10-15-8-7-11(2)12(3)9-15/h7-9H,6,10H2,1-5H3,(H,18,19,20). The summed E-state index contributed by atoms with van der Waals surface area (Å²) >= 11 is 0. The highest BCUT2D eigenvalue weighted by molar-refractivity contribution is 5.45. The van der Waals surface area contributed by atoms with Gasteiger partial charge in [-0.3, -0.25) is 0 Å². The number of benzene rings is 1. The molecule has 1 heterocycles. The van der Waals surface area contributed by atoms with Crippen molar-refractivity contribution in [1.82, 2.24) is 9.97 Å². The van der Waals surface area contributed by atoms with E-state index in [1.165, 1.54) is 16.7 Å². The molecular formula is C17H23N3. The molecule has 0 bridgehead atoms. The van der Waals surface area contributed by atoms with Crippen LogP contribution in [0.25, 0.3) is 0 Å². The first kappa shape index (κ1) is 14.5. The third-order valence-corrected chi connectivity index (χ3v) is 3.71. The Labute approximate surface area is 121 Å². The van der Waals surface area contributed by atoms with Crippen molar-refractivity contribution in [2.75, 3.05) is 11.9 Å². The van der Waals surface area contributed by atoms with E-state index < -0.39 is 0 Å². The molecule has 0 aliphatic carbocycles. The first-order chi connectivity index (χ1) is 9.51. The molecule has 2 aromatic rings. The second-order valence-electron chi connectivity index (χ2n) is 5.32. The number of hydrogen-bond acceptors (Lipinski definition) is 3. The van der Waals surface area contributed by atoms with E-state index in [-0.39, 0.29) is 0 Å². The van der Waals surface area contributed by atoms with Gasteiger partial charge in [0, 0.05) is 24.2 Å². The number of hydrogen-bond donors (Lipinski definition) is 1. The smallest absolute Gasteiger partial charge is 0.135 e. The van der Waals surface area contributed by atoms with Gasteiger partial charge in [0.05, 0.1) is 0 Å². The summed E-state index contributed by atoms with van der Waals surface area (Å²) in [6, 6.07) is 6.55. The summed E-state index contributed by atoms with van der Waals surface area (Å²) < 4.78 is 0. The SMILES string of the molecule is CCNc1nc(Cc2ccc(C)c(C)c2)nc(C)c1C. The number of aromatic nitrogens is 2. The zero-order chi connectivity index (χ0) is 14.7. The predicted molar refractivity (Wildman–Crippen MR) is 84.4 cm³/mol. The van der Waals surface area contributed by atoms with Gasteiger partial charge in [0.2, 0.25) is 0 Å². The summed E-state index contributed by atoms with van der Waals surface area (Å²) in [4.78, 5) is 9.26. The lowest BCUT2D eigenvalue weighted by molar-refractivity contribution is 0.921. The molecule has 3 heteroatoms. The van der Waals surface area contributed by atoms with Gasteiger partial charge >= 0.3 is 0 Å². The fourth-order valence-electron chi connectivity index (χ4n) is 2.20. The second kappa shape index (κ2) is 6.04. The molecule has 1 N–H and O–H groups in total. The van der Waals surface area contributed by atoms with Gasteiger partial charge in [0.1, 0.15) is 11.6 Å². The normalized spacial score (nSPS) is 10.7. The van der Waals surface area contributed by atoms with Gasteiger partial charge in [-0.1, -0.05) is 18.2 Å². The van der Waals surface area contributed by atoms with Crippen LogP contribution in [0.2, 0.25) is 0 Å². The van der Waals surface area contributed by atoms with Crippen LogP contribution in [0.4, 0.5) is 5.82 Å². The highest BCUT2D eigenvalue weighted by Crippen LogP contribution is 2.17. The predicted octanol–water partition coefficient (Wildman–Crippen LogP) is 3.73. The van der Waals surface area contributed by atoms with Gasteiger partial charge in [-0.05, 0) is 51.3 Å². The fraction of sp³-hybridized carbons (Fsp3) is 0.412. The lowest BCUT2D eigenvalue weighted by atomic mass is 10.0. The molecule has 1 aromatic carbocycles. The highest BCUT2D eigenvalue weighted by atomic mass is 15.0. The van der Waals surface area contributed by atoms with Crippen LogP contribution in [0, 0.1) is 27.7 Å². The van der Waals surface area contributed by atoms with Crippen molar-refractivity contribution in [3.8, 4) is 0 Å². The summed E-state index contributed by atoms with van der Waals surface area (Å²) in [5.74, 6) is 1.84. The average molecular weight is 269 g/mol. The quantitative estimate of drug-likeness (QED) is 0.919. The Kier molecular flexibility index (Phi) is 4.38. The number of anilines is 1. The molecule has 0 fully saturated rings. The fourth-order valence-corrected chi connectivity index (χ4v) is 2.20. The summed E-state index contributed by atoms with van der Waals surface area (Å²) in [5.41, 5.74) is 6.09. The molecule has 0 aliphatic heterocycles. The highest BCUT2D eigenvalue weighted by Gasteiger charge is 2.08. The maximum atomic E-state index is 4.65. The minimum absolute atomic E-state index is 0.778. The monoisotopic (exact) mass is 269 g/mol. The van der Waals surface area contributed by atoms with Crippen LogP contribution in [0.5, 0.6) is 0 Å². The van der Waals surface area contributed by atoms with Crippen molar-refractivity contribution < 1.29 is 0 Å².